The van der Waals surface area contributed by atoms with Gasteiger partial charge < -0.3 is 4.74 Å². The molecule has 0 N–H and O–H groups in total. The minimum Gasteiger partial charge on any atom is -0.459 e. The highest BCUT2D eigenvalue weighted by Crippen LogP contribution is 2.59. The lowest BCUT2D eigenvalue weighted by atomic mass is 9.80. The average molecular weight is 322 g/mol. The lowest BCUT2D eigenvalue weighted by molar-refractivity contribution is -0.148. The third-order valence-corrected chi connectivity index (χ3v) is 6.39. The third-order valence-electron chi connectivity index (χ3n) is 6.39. The summed E-state index contributed by atoms with van der Waals surface area (Å²) >= 11 is 0. The molecular formula is C22H26O2. The molecule has 0 saturated heterocycles. The summed E-state index contributed by atoms with van der Waals surface area (Å²) in [5.74, 6) is 3.00. The molecule has 0 radical (unpaired) electrons. The van der Waals surface area contributed by atoms with Crippen molar-refractivity contribution in [3.63, 3.8) is 0 Å². The van der Waals surface area contributed by atoms with Gasteiger partial charge in [0.25, 0.3) is 0 Å². The molecule has 0 amide bonds. The second kappa shape index (κ2) is 6.58. The van der Waals surface area contributed by atoms with Crippen molar-refractivity contribution in [2.24, 2.45) is 23.7 Å². The molecule has 1 aromatic carbocycles. The van der Waals surface area contributed by atoms with Crippen LogP contribution in [0, 0.1) is 23.7 Å². The molecule has 3 aliphatic rings. The standard InChI is InChI=1S/C22H26O2/c1-15(7-5-10-16-8-3-2-4-9-16)22(23)24-21-14-17-13-20(21)19-12-6-11-18(17)19/h2-5,8-10,17-21H,1,6-7,11-14H2. The van der Waals surface area contributed by atoms with E-state index < -0.39 is 0 Å². The van der Waals surface area contributed by atoms with Gasteiger partial charge in [0.05, 0.1) is 0 Å². The molecule has 0 spiro atoms. The van der Waals surface area contributed by atoms with Crippen molar-refractivity contribution in [1.82, 2.24) is 0 Å². The van der Waals surface area contributed by atoms with Crippen LogP contribution in [-0.4, -0.2) is 12.1 Å². The van der Waals surface area contributed by atoms with Gasteiger partial charge in [0.15, 0.2) is 0 Å². The Kier molecular flexibility index (Phi) is 4.30. The summed E-state index contributed by atoms with van der Waals surface area (Å²) in [5.41, 5.74) is 1.70. The number of hydrogen-bond acceptors (Lipinski definition) is 2. The Bertz CT molecular complexity index is 645. The molecule has 4 rings (SSSR count). The lowest BCUT2D eigenvalue weighted by Gasteiger charge is -2.31. The van der Waals surface area contributed by atoms with Crippen molar-refractivity contribution >= 4 is 12.0 Å². The third kappa shape index (κ3) is 2.94. The Morgan fingerprint density at radius 3 is 2.75 bits per heavy atom. The highest BCUT2D eigenvalue weighted by molar-refractivity contribution is 5.88. The second-order valence-corrected chi connectivity index (χ2v) is 7.72. The fourth-order valence-electron chi connectivity index (χ4n) is 5.35. The Morgan fingerprint density at radius 2 is 1.92 bits per heavy atom. The van der Waals surface area contributed by atoms with E-state index in [4.69, 9.17) is 4.74 Å². The van der Waals surface area contributed by atoms with Gasteiger partial charge in [-0.1, -0.05) is 55.5 Å². The van der Waals surface area contributed by atoms with Crippen molar-refractivity contribution in [2.45, 2.75) is 44.6 Å². The molecule has 5 unspecified atom stereocenters. The summed E-state index contributed by atoms with van der Waals surface area (Å²) in [6.45, 7) is 3.93. The minimum atomic E-state index is -0.195. The minimum absolute atomic E-state index is 0.150. The van der Waals surface area contributed by atoms with Crippen LogP contribution in [0.15, 0.2) is 48.6 Å². The van der Waals surface area contributed by atoms with Gasteiger partial charge in [-0.3, -0.25) is 0 Å². The normalized spacial score (nSPS) is 33.8. The molecule has 3 aliphatic carbocycles. The first kappa shape index (κ1) is 15.7. The maximum Gasteiger partial charge on any atom is 0.333 e. The van der Waals surface area contributed by atoms with Crippen LogP contribution in [0.25, 0.3) is 6.08 Å². The molecule has 1 aromatic rings. The molecule has 2 bridgehead atoms. The summed E-state index contributed by atoms with van der Waals surface area (Å²) < 4.78 is 5.85. The average Bonchev–Trinajstić information content (AvgIpc) is 3.28. The zero-order valence-electron chi connectivity index (χ0n) is 14.2. The number of carbonyl (C=O) groups is 1. The zero-order chi connectivity index (χ0) is 16.5. The van der Waals surface area contributed by atoms with Gasteiger partial charge in [-0.2, -0.15) is 0 Å². The van der Waals surface area contributed by atoms with Crippen LogP contribution in [0.1, 0.15) is 44.1 Å². The van der Waals surface area contributed by atoms with E-state index in [1.54, 1.807) is 0 Å². The number of carbonyl (C=O) groups excluding carboxylic acids is 1. The predicted molar refractivity (Wildman–Crippen MR) is 96.2 cm³/mol. The number of esters is 1. The number of hydrogen-bond donors (Lipinski definition) is 0. The van der Waals surface area contributed by atoms with Crippen LogP contribution >= 0.6 is 0 Å². The van der Waals surface area contributed by atoms with Gasteiger partial charge in [-0.25, -0.2) is 4.79 Å². The van der Waals surface area contributed by atoms with E-state index in [-0.39, 0.29) is 12.1 Å². The number of allylic oxidation sites excluding steroid dienone is 1. The van der Waals surface area contributed by atoms with Crippen LogP contribution in [-0.2, 0) is 9.53 Å². The van der Waals surface area contributed by atoms with E-state index in [0.29, 0.717) is 17.9 Å². The highest BCUT2D eigenvalue weighted by atomic mass is 16.5. The van der Waals surface area contributed by atoms with Gasteiger partial charge in [-0.15, -0.1) is 0 Å². The first-order chi connectivity index (χ1) is 11.7. The monoisotopic (exact) mass is 322 g/mol. The molecule has 0 aliphatic heterocycles. The topological polar surface area (TPSA) is 26.3 Å². The Hall–Kier alpha value is -1.83. The molecule has 5 atom stereocenters. The van der Waals surface area contributed by atoms with Crippen molar-refractivity contribution in [1.29, 1.82) is 0 Å². The van der Waals surface area contributed by atoms with Crippen LogP contribution in [0.4, 0.5) is 0 Å². The van der Waals surface area contributed by atoms with E-state index in [0.717, 1.165) is 29.7 Å². The summed E-state index contributed by atoms with van der Waals surface area (Å²) in [6, 6.07) is 10.1. The van der Waals surface area contributed by atoms with E-state index in [1.807, 2.05) is 42.5 Å². The summed E-state index contributed by atoms with van der Waals surface area (Å²) in [6.07, 6.45) is 11.2. The van der Waals surface area contributed by atoms with Gasteiger partial charge >= 0.3 is 5.97 Å². The lowest BCUT2D eigenvalue weighted by Crippen LogP contribution is -2.32. The summed E-state index contributed by atoms with van der Waals surface area (Å²) in [4.78, 5) is 12.4. The van der Waals surface area contributed by atoms with Crippen LogP contribution in [0.3, 0.4) is 0 Å². The van der Waals surface area contributed by atoms with E-state index in [9.17, 15) is 4.79 Å². The van der Waals surface area contributed by atoms with E-state index >= 15 is 0 Å². The fraction of sp³-hybridized carbons (Fsp3) is 0.500. The quantitative estimate of drug-likeness (QED) is 0.562. The molecule has 2 nitrogen and oxygen atoms in total. The number of benzene rings is 1. The Morgan fingerprint density at radius 1 is 1.12 bits per heavy atom. The SMILES string of the molecule is C=C(CC=Cc1ccccc1)C(=O)OC1CC2CC1C1CCCC21. The molecule has 3 saturated carbocycles. The first-order valence-electron chi connectivity index (χ1n) is 9.32. The number of ether oxygens (including phenoxy) is 1. The first-order valence-corrected chi connectivity index (χ1v) is 9.32. The van der Waals surface area contributed by atoms with Crippen molar-refractivity contribution in [3.8, 4) is 0 Å². The zero-order valence-corrected chi connectivity index (χ0v) is 14.2. The van der Waals surface area contributed by atoms with Gasteiger partial charge in [0.1, 0.15) is 6.10 Å². The largest absolute Gasteiger partial charge is 0.459 e. The van der Waals surface area contributed by atoms with E-state index in [2.05, 4.69) is 6.58 Å². The molecule has 24 heavy (non-hydrogen) atoms. The maximum atomic E-state index is 12.4. The molecule has 2 heteroatoms. The molecule has 3 fully saturated rings. The smallest absolute Gasteiger partial charge is 0.333 e. The van der Waals surface area contributed by atoms with E-state index in [1.165, 1.54) is 25.7 Å². The van der Waals surface area contributed by atoms with Crippen LogP contribution in [0.5, 0.6) is 0 Å². The fourth-order valence-corrected chi connectivity index (χ4v) is 5.35. The maximum absolute atomic E-state index is 12.4. The second-order valence-electron chi connectivity index (χ2n) is 7.72. The van der Waals surface area contributed by atoms with Crippen LogP contribution < -0.4 is 0 Å². The molecular weight excluding hydrogens is 296 g/mol. The summed E-state index contributed by atoms with van der Waals surface area (Å²) in [5, 5.41) is 0. The Balaban J connectivity index is 1.29. The molecule has 126 valence electrons. The van der Waals surface area contributed by atoms with Gasteiger partial charge in [-0.05, 0) is 61.3 Å². The molecule has 0 aromatic heterocycles. The summed E-state index contributed by atoms with van der Waals surface area (Å²) in [7, 11) is 0. The van der Waals surface area contributed by atoms with Gasteiger partial charge in [0, 0.05) is 5.57 Å². The van der Waals surface area contributed by atoms with Crippen molar-refractivity contribution in [3.05, 3.63) is 54.1 Å². The van der Waals surface area contributed by atoms with Crippen LogP contribution in [0.2, 0.25) is 0 Å². The number of rotatable bonds is 5. The highest BCUT2D eigenvalue weighted by Gasteiger charge is 2.55. The van der Waals surface area contributed by atoms with Crippen molar-refractivity contribution in [2.75, 3.05) is 0 Å². The van der Waals surface area contributed by atoms with Gasteiger partial charge in [0.2, 0.25) is 0 Å². The molecule has 0 heterocycles. The predicted octanol–water partition coefficient (Wildman–Crippen LogP) is 5.01. The van der Waals surface area contributed by atoms with Crippen molar-refractivity contribution < 1.29 is 9.53 Å². The Labute approximate surface area is 144 Å². The number of fused-ring (bicyclic) bond motifs is 5.